The number of rotatable bonds is 26. The van der Waals surface area contributed by atoms with Gasteiger partial charge in [-0.05, 0) is 45.8 Å². The number of alkyl halides is 3. The summed E-state index contributed by atoms with van der Waals surface area (Å²) in [6, 6.07) is 8.34. The van der Waals surface area contributed by atoms with Crippen LogP contribution in [0.15, 0.2) is 47.3 Å². The van der Waals surface area contributed by atoms with Gasteiger partial charge in [-0.2, -0.15) is 18.2 Å². The Bertz CT molecular complexity index is 1950. The zero-order chi connectivity index (χ0) is 42.8. The first-order chi connectivity index (χ1) is 28.4. The van der Waals surface area contributed by atoms with E-state index in [9.17, 15) is 22.5 Å². The molecule has 0 spiro atoms. The van der Waals surface area contributed by atoms with Crippen molar-refractivity contribution in [1.82, 2.24) is 35.3 Å². The quantitative estimate of drug-likeness (QED) is 0.0238. The standard InChI is InChI=1S/C28H29BrF3N9O4P.3C4H9.Sn/c1-33-26(42)24-21(9-10-23(29)38-24)36-25-19(28(30,31)32)17-34-27(39-25)37-20-8-7-18(16-22(20)44-2)6-3-4-15-46(43)45-14-5-12-41-13-11-35-40-41;3*1-3-4-2;/h7-10,13,16-17H,3-6,12,14-15H2,1-2H3,(H2-,33,34,36,37,39,42);3*1,3-4H2,2H3;/p+1. The van der Waals surface area contributed by atoms with Crippen molar-refractivity contribution in [2.75, 3.05) is 37.6 Å². The molecule has 0 aliphatic rings. The van der Waals surface area contributed by atoms with Gasteiger partial charge < -0.3 is 20.7 Å². The van der Waals surface area contributed by atoms with Crippen molar-refractivity contribution in [3.63, 3.8) is 0 Å². The van der Waals surface area contributed by atoms with Crippen LogP contribution in [0.5, 0.6) is 5.75 Å². The van der Waals surface area contributed by atoms with E-state index in [0.717, 1.165) is 12.0 Å². The Labute approximate surface area is 358 Å². The number of amides is 1. The van der Waals surface area contributed by atoms with Gasteiger partial charge in [0.05, 0.1) is 18.5 Å². The molecule has 1 atom stereocenters. The van der Waals surface area contributed by atoms with Gasteiger partial charge in [-0.1, -0.05) is 6.07 Å². The van der Waals surface area contributed by atoms with Gasteiger partial charge in [0, 0.05) is 13.2 Å². The third kappa shape index (κ3) is 14.6. The fourth-order valence-electron chi connectivity index (χ4n) is 6.80. The summed E-state index contributed by atoms with van der Waals surface area (Å²) in [6.45, 7) is 7.90. The minimum absolute atomic E-state index is 0.0170. The molecule has 0 fully saturated rings. The molecule has 4 rings (SSSR count). The van der Waals surface area contributed by atoms with Crippen LogP contribution in [0.2, 0.25) is 13.3 Å². The summed E-state index contributed by atoms with van der Waals surface area (Å²) in [5.41, 5.74) is 0.156. The molecule has 19 heteroatoms. The molecule has 322 valence electrons. The van der Waals surface area contributed by atoms with Gasteiger partial charge in [-0.25, -0.2) is 9.97 Å². The van der Waals surface area contributed by atoms with Crippen molar-refractivity contribution in [3.8, 4) is 5.75 Å². The number of nitrogens with zero attached hydrogens (tertiary/aromatic N) is 6. The van der Waals surface area contributed by atoms with E-state index in [2.05, 4.69) is 79.0 Å². The number of aromatic nitrogens is 6. The Morgan fingerprint density at radius 2 is 1.63 bits per heavy atom. The van der Waals surface area contributed by atoms with Gasteiger partial charge in [-0.3, -0.25) is 4.79 Å². The number of pyridine rings is 1. The van der Waals surface area contributed by atoms with E-state index >= 15 is 0 Å². The Hall–Kier alpha value is -3.41. The second kappa shape index (κ2) is 24.1. The summed E-state index contributed by atoms with van der Waals surface area (Å²) in [4.78, 5) is 24.5. The number of aryl methyl sites for hydroxylation is 2. The summed E-state index contributed by atoms with van der Waals surface area (Å²) in [5, 5.41) is 17.2. The summed E-state index contributed by atoms with van der Waals surface area (Å²) >= 11 is 0.560. The zero-order valence-electron chi connectivity index (χ0n) is 34.6. The summed E-state index contributed by atoms with van der Waals surface area (Å²) in [5.74, 6) is -0.871. The van der Waals surface area contributed by atoms with Crippen LogP contribution in [0.25, 0.3) is 0 Å². The average Bonchev–Trinajstić information content (AvgIpc) is 3.71. The number of anilines is 4. The molecule has 0 bridgehead atoms. The van der Waals surface area contributed by atoms with Gasteiger partial charge in [-0.15, -0.1) is 0 Å². The number of nitrogens with one attached hydrogen (secondary N) is 3. The molecule has 0 radical (unpaired) electrons. The number of carbonyl (C=O) groups excluding carboxylic acids is 1. The molecule has 13 nitrogen and oxygen atoms in total. The Morgan fingerprint density at radius 1 is 0.932 bits per heavy atom. The molecule has 0 aliphatic carbocycles. The maximum atomic E-state index is 14.0. The topological polar surface area (TPSA) is 158 Å². The Morgan fingerprint density at radius 3 is 2.27 bits per heavy atom. The van der Waals surface area contributed by atoms with Gasteiger partial charge in [0.2, 0.25) is 5.95 Å². The first kappa shape index (κ1) is 48.3. The first-order valence-electron chi connectivity index (χ1n) is 20.4. The molecule has 4 aromatic rings. The molecule has 59 heavy (non-hydrogen) atoms. The van der Waals surface area contributed by atoms with Crippen molar-refractivity contribution in [1.29, 1.82) is 0 Å². The molecule has 0 saturated carbocycles. The number of halogens is 4. The van der Waals surface area contributed by atoms with Crippen LogP contribution in [0, 0.1) is 0 Å². The van der Waals surface area contributed by atoms with E-state index in [-0.39, 0.29) is 17.3 Å². The van der Waals surface area contributed by atoms with Crippen LogP contribution in [0.4, 0.5) is 36.3 Å². The molecule has 1 amide bonds. The van der Waals surface area contributed by atoms with Crippen LogP contribution >= 0.6 is 24.0 Å². The monoisotopic (exact) mass is 1010 g/mol. The third-order valence-electron chi connectivity index (χ3n) is 10.1. The maximum absolute atomic E-state index is 14.0. The minimum atomic E-state index is -4.79. The number of ether oxygens (including phenoxy) is 1. The van der Waals surface area contributed by atoms with Crippen molar-refractivity contribution < 1.29 is 31.8 Å². The SMILES string of the molecule is CCC[CH2][Sn]([CH2]CCC)([CH2]CCC)[c]1cn(CCCO[P+](=O)CCCCc2ccc(Nc3ncc(C(F)(F)F)c(Nc4ccc(Br)nc4C(=O)NC)n3)c(OC)c2)nn1. The van der Waals surface area contributed by atoms with E-state index in [1.54, 1.807) is 6.07 Å². The van der Waals surface area contributed by atoms with Crippen molar-refractivity contribution in [3.05, 3.63) is 64.1 Å². The molecule has 0 aliphatic heterocycles. The molecule has 1 unspecified atom stereocenters. The van der Waals surface area contributed by atoms with Crippen molar-refractivity contribution in [2.45, 2.75) is 111 Å². The van der Waals surface area contributed by atoms with E-state index in [4.69, 9.17) is 14.4 Å². The number of methoxy groups -OCH3 is 1. The molecule has 3 aromatic heterocycles. The molecule has 1 aromatic carbocycles. The molecular weight excluding hydrogens is 957 g/mol. The van der Waals surface area contributed by atoms with E-state index < -0.39 is 49.9 Å². The normalized spacial score (nSPS) is 12.1. The molecule has 3 N–H and O–H groups in total. The van der Waals surface area contributed by atoms with Gasteiger partial charge in [0.1, 0.15) is 21.7 Å². The van der Waals surface area contributed by atoms with E-state index in [1.165, 1.54) is 81.8 Å². The Balaban J connectivity index is 1.28. The van der Waals surface area contributed by atoms with Crippen LogP contribution < -0.4 is 24.4 Å². The number of benzene rings is 1. The number of unbranched alkanes of at least 4 members (excludes halogenated alkanes) is 4. The predicted molar refractivity (Wildman–Crippen MR) is 232 cm³/mol. The number of hydrogen-bond acceptors (Lipinski definition) is 11. The summed E-state index contributed by atoms with van der Waals surface area (Å²) in [7, 11) is 1.08. The van der Waals surface area contributed by atoms with Crippen molar-refractivity contribution >= 4 is 75.1 Å². The van der Waals surface area contributed by atoms with Crippen molar-refractivity contribution in [2.24, 2.45) is 0 Å². The van der Waals surface area contributed by atoms with E-state index in [1.807, 2.05) is 16.8 Å². The van der Waals surface area contributed by atoms with Gasteiger partial charge in [0.15, 0.2) is 5.69 Å². The average molecular weight is 1010 g/mol. The van der Waals surface area contributed by atoms with Crippen LogP contribution in [0.1, 0.15) is 100 Å². The number of hydrogen-bond donors (Lipinski definition) is 3. The Kier molecular flexibility index (Phi) is 19.7. The fraction of sp³-hybridized carbons (Fsp3) is 0.550. The zero-order valence-corrected chi connectivity index (χ0v) is 40.0. The van der Waals surface area contributed by atoms with Crippen LogP contribution in [0.3, 0.4) is 0 Å². The molecular formula is C40H57BrF3N9O4PSn+. The van der Waals surface area contributed by atoms with E-state index in [0.29, 0.717) is 60.8 Å². The molecule has 3 heterocycles. The van der Waals surface area contributed by atoms with Crippen LogP contribution in [-0.4, -0.2) is 81.2 Å². The van der Waals surface area contributed by atoms with Crippen LogP contribution in [-0.2, 0) is 28.2 Å². The second-order valence-corrected chi connectivity index (χ2v) is 29.7. The summed E-state index contributed by atoms with van der Waals surface area (Å²) < 4.78 is 73.5. The van der Waals surface area contributed by atoms with Gasteiger partial charge in [0.25, 0.3) is 5.91 Å². The second-order valence-electron chi connectivity index (χ2n) is 14.5. The fourth-order valence-corrected chi connectivity index (χ4v) is 23.1. The first-order valence-corrected chi connectivity index (χ1v) is 30.0. The van der Waals surface area contributed by atoms with Gasteiger partial charge >= 0.3 is 184 Å². The third-order valence-corrected chi connectivity index (χ3v) is 26.7. The predicted octanol–water partition coefficient (Wildman–Crippen LogP) is 10.3. The summed E-state index contributed by atoms with van der Waals surface area (Å²) in [6.07, 6.45) is 8.88. The number of carbonyl (C=O) groups is 1. The molecule has 0 saturated heterocycles.